The molecule has 0 radical (unpaired) electrons. The lowest BCUT2D eigenvalue weighted by Crippen LogP contribution is -2.45. The number of likely N-dealkylation sites (N-methyl/N-ethyl adjacent to an activating group) is 1. The predicted molar refractivity (Wildman–Crippen MR) is 307 cm³/mol. The quantitative estimate of drug-likeness (QED) is 0.0272. The smallest absolute Gasteiger partial charge is 0.268 e. The number of phosphoric ester groups is 1. The van der Waals surface area contributed by atoms with Crippen LogP contribution in [0.2, 0.25) is 0 Å². The van der Waals surface area contributed by atoms with Crippen molar-refractivity contribution in [3.05, 3.63) is 72.9 Å². The van der Waals surface area contributed by atoms with Gasteiger partial charge in [-0.1, -0.05) is 260 Å². The molecule has 8 nitrogen and oxygen atoms in total. The Morgan fingerprint density at radius 3 is 1.31 bits per heavy atom. The monoisotopic (exact) mass is 1010 g/mol. The van der Waals surface area contributed by atoms with Crippen molar-refractivity contribution >= 4 is 13.7 Å². The minimum atomic E-state index is -4.61. The number of carbonyl (C=O) groups is 1. The number of hydrogen-bond acceptors (Lipinski definition) is 6. The fourth-order valence-corrected chi connectivity index (χ4v) is 9.24. The topological polar surface area (TPSA) is 108 Å². The van der Waals surface area contributed by atoms with Gasteiger partial charge in [0.15, 0.2) is 0 Å². The molecule has 0 fully saturated rings. The van der Waals surface area contributed by atoms with E-state index in [9.17, 15) is 19.4 Å². The molecular formula is C62H115N2O6P. The molecule has 0 saturated carbocycles. The molecule has 0 bridgehead atoms. The molecule has 0 aromatic rings. The largest absolute Gasteiger partial charge is 0.756 e. The minimum Gasteiger partial charge on any atom is -0.756 e. The fraction of sp³-hybridized carbons (Fsp3) is 0.790. The summed E-state index contributed by atoms with van der Waals surface area (Å²) in [5.41, 5.74) is 0. The van der Waals surface area contributed by atoms with Gasteiger partial charge in [-0.05, 0) is 70.6 Å². The number of aliphatic hydroxyl groups is 1. The number of aliphatic hydroxyl groups excluding tert-OH is 1. The fourth-order valence-electron chi connectivity index (χ4n) is 8.51. The molecular weight excluding hydrogens is 900 g/mol. The molecule has 9 heteroatoms. The van der Waals surface area contributed by atoms with Crippen LogP contribution in [0.4, 0.5) is 0 Å². The Morgan fingerprint density at radius 1 is 0.507 bits per heavy atom. The van der Waals surface area contributed by atoms with Crippen LogP contribution in [0, 0.1) is 0 Å². The van der Waals surface area contributed by atoms with Gasteiger partial charge in [-0.25, -0.2) is 0 Å². The third-order valence-electron chi connectivity index (χ3n) is 13.2. The second-order valence-electron chi connectivity index (χ2n) is 21.3. The van der Waals surface area contributed by atoms with E-state index < -0.39 is 26.6 Å². The highest BCUT2D eigenvalue weighted by Crippen LogP contribution is 2.38. The van der Waals surface area contributed by atoms with Gasteiger partial charge in [0.25, 0.3) is 7.82 Å². The standard InChI is InChI=1S/C62H115N2O6P/c1-6-8-10-12-14-16-18-20-22-24-26-28-30-31-32-34-35-37-39-41-43-45-47-49-51-53-55-61(65)60(59-70-71(67,68)69-58-57-64(3,4)5)63-62(66)56-54-52-50-48-46-44-42-40-38-36-33-29-27-25-23-21-19-17-15-13-11-9-7-2/h9,11,15,17,21,23,27,29,45,47,53,55,60-61,65H,6-8,10,12-14,16,18-20,22,24-26,28,30-44,46,48-52,54,56-59H2,1-5H3,(H-,63,66,67,68)/b11-9-,17-15-,23-21-,29-27-,47-45+,55-53+. The van der Waals surface area contributed by atoms with Crippen LogP contribution in [0.15, 0.2) is 72.9 Å². The van der Waals surface area contributed by atoms with Crippen molar-refractivity contribution in [1.29, 1.82) is 0 Å². The predicted octanol–water partition coefficient (Wildman–Crippen LogP) is 17.6. The second-order valence-corrected chi connectivity index (χ2v) is 22.7. The Kier molecular flexibility index (Phi) is 51.3. The van der Waals surface area contributed by atoms with Crippen LogP contribution < -0.4 is 10.2 Å². The highest BCUT2D eigenvalue weighted by atomic mass is 31.2. The first kappa shape index (κ1) is 68.9. The summed E-state index contributed by atoms with van der Waals surface area (Å²) >= 11 is 0. The van der Waals surface area contributed by atoms with Crippen LogP contribution in [0.1, 0.15) is 264 Å². The highest BCUT2D eigenvalue weighted by molar-refractivity contribution is 7.45. The van der Waals surface area contributed by atoms with E-state index in [1.54, 1.807) is 6.08 Å². The summed E-state index contributed by atoms with van der Waals surface area (Å²) in [4.78, 5) is 25.5. The first-order chi connectivity index (χ1) is 34.5. The maximum atomic E-state index is 13.0. The van der Waals surface area contributed by atoms with E-state index >= 15 is 0 Å². The average molecular weight is 1020 g/mol. The van der Waals surface area contributed by atoms with Crippen LogP contribution in [-0.4, -0.2) is 68.5 Å². The molecule has 0 saturated heterocycles. The van der Waals surface area contributed by atoms with E-state index in [4.69, 9.17) is 9.05 Å². The molecule has 2 N–H and O–H groups in total. The number of hydrogen-bond donors (Lipinski definition) is 2. The summed E-state index contributed by atoms with van der Waals surface area (Å²) in [6.45, 7) is 4.53. The van der Waals surface area contributed by atoms with Gasteiger partial charge in [-0.3, -0.25) is 9.36 Å². The summed E-state index contributed by atoms with van der Waals surface area (Å²) in [7, 11) is 1.24. The van der Waals surface area contributed by atoms with Crippen molar-refractivity contribution in [1.82, 2.24) is 5.32 Å². The number of amides is 1. The first-order valence-electron chi connectivity index (χ1n) is 29.8. The van der Waals surface area contributed by atoms with Gasteiger partial charge in [0.05, 0.1) is 39.9 Å². The number of nitrogens with zero attached hydrogens (tertiary/aromatic N) is 1. The lowest BCUT2D eigenvalue weighted by atomic mass is 10.0. The zero-order chi connectivity index (χ0) is 52.0. The third kappa shape index (κ3) is 55.5. The van der Waals surface area contributed by atoms with Crippen LogP contribution in [0.3, 0.4) is 0 Å². The average Bonchev–Trinajstić information content (AvgIpc) is 3.33. The number of quaternary nitrogens is 1. The molecule has 0 aromatic heterocycles. The number of allylic oxidation sites excluding steroid dienone is 11. The van der Waals surface area contributed by atoms with E-state index in [1.165, 1.54) is 173 Å². The van der Waals surface area contributed by atoms with Crippen molar-refractivity contribution in [3.8, 4) is 0 Å². The van der Waals surface area contributed by atoms with Crippen molar-refractivity contribution < 1.29 is 32.9 Å². The van der Waals surface area contributed by atoms with Gasteiger partial charge in [-0.2, -0.15) is 0 Å². The number of rotatable bonds is 54. The normalized spacial score (nSPS) is 14.4. The molecule has 414 valence electrons. The van der Waals surface area contributed by atoms with Gasteiger partial charge in [-0.15, -0.1) is 0 Å². The Morgan fingerprint density at radius 2 is 0.873 bits per heavy atom. The van der Waals surface area contributed by atoms with Crippen molar-refractivity contribution in [2.45, 2.75) is 276 Å². The lowest BCUT2D eigenvalue weighted by molar-refractivity contribution is -0.870. The zero-order valence-corrected chi connectivity index (χ0v) is 48.1. The summed E-state index contributed by atoms with van der Waals surface area (Å²) < 4.78 is 23.4. The van der Waals surface area contributed by atoms with E-state index in [-0.39, 0.29) is 12.5 Å². The zero-order valence-electron chi connectivity index (χ0n) is 47.2. The molecule has 0 aliphatic carbocycles. The maximum Gasteiger partial charge on any atom is 0.268 e. The SMILES string of the molecule is CC/C=C\C/C=C\C/C=C\C/C=C\CCCCCCCCCCCCC(=O)NC(COP(=O)([O-])OCC[N+](C)(C)C)C(O)/C=C/CC/C=C/CCCCCCCCCCCCCCCCCCCCCC. The van der Waals surface area contributed by atoms with Gasteiger partial charge in [0.1, 0.15) is 13.2 Å². The molecule has 1 amide bonds. The summed E-state index contributed by atoms with van der Waals surface area (Å²) in [6, 6.07) is -0.910. The molecule has 3 unspecified atom stereocenters. The van der Waals surface area contributed by atoms with Gasteiger partial charge in [0.2, 0.25) is 5.91 Å². The number of carbonyl (C=O) groups excluding carboxylic acids is 1. The Labute approximate surface area is 440 Å². The third-order valence-corrected chi connectivity index (χ3v) is 14.1. The van der Waals surface area contributed by atoms with E-state index in [2.05, 4.69) is 79.9 Å². The van der Waals surface area contributed by atoms with Gasteiger partial charge < -0.3 is 28.8 Å². The molecule has 71 heavy (non-hydrogen) atoms. The van der Waals surface area contributed by atoms with Crippen LogP contribution >= 0.6 is 7.82 Å². The van der Waals surface area contributed by atoms with E-state index in [1.807, 2.05) is 27.2 Å². The van der Waals surface area contributed by atoms with E-state index in [0.717, 1.165) is 70.6 Å². The first-order valence-corrected chi connectivity index (χ1v) is 31.3. The van der Waals surface area contributed by atoms with Crippen LogP contribution in [-0.2, 0) is 18.4 Å². The Balaban J connectivity index is 4.25. The summed E-state index contributed by atoms with van der Waals surface area (Å²) in [6.07, 6.45) is 72.7. The van der Waals surface area contributed by atoms with Crippen molar-refractivity contribution in [3.63, 3.8) is 0 Å². The van der Waals surface area contributed by atoms with Crippen molar-refractivity contribution in [2.24, 2.45) is 0 Å². The Bertz CT molecular complexity index is 1380. The summed E-state index contributed by atoms with van der Waals surface area (Å²) in [5.74, 6) is -0.212. The molecule has 0 rings (SSSR count). The molecule has 0 aliphatic rings. The molecule has 0 aliphatic heterocycles. The van der Waals surface area contributed by atoms with Crippen molar-refractivity contribution in [2.75, 3.05) is 40.9 Å². The van der Waals surface area contributed by atoms with Gasteiger partial charge in [0, 0.05) is 6.42 Å². The molecule has 0 aromatic carbocycles. The Hall–Kier alpha value is -2.06. The highest BCUT2D eigenvalue weighted by Gasteiger charge is 2.23. The number of phosphoric acid groups is 1. The molecule has 3 atom stereocenters. The number of unbranched alkanes of at least 4 members (excludes halogenated alkanes) is 31. The van der Waals surface area contributed by atoms with Crippen LogP contribution in [0.25, 0.3) is 0 Å². The lowest BCUT2D eigenvalue weighted by Gasteiger charge is -2.29. The van der Waals surface area contributed by atoms with E-state index in [0.29, 0.717) is 17.4 Å². The maximum absolute atomic E-state index is 13.0. The molecule has 0 spiro atoms. The second kappa shape index (κ2) is 52.8. The van der Waals surface area contributed by atoms with Crippen LogP contribution in [0.5, 0.6) is 0 Å². The molecule has 0 heterocycles. The van der Waals surface area contributed by atoms with Gasteiger partial charge >= 0.3 is 0 Å². The summed E-state index contributed by atoms with van der Waals surface area (Å²) in [5, 5.41) is 13.9. The minimum absolute atomic E-state index is 0.00980. The number of nitrogens with one attached hydrogen (secondary N) is 1.